The minimum absolute atomic E-state index is 0.149. The molecule has 2 aromatic carbocycles. The van der Waals surface area contributed by atoms with Crippen molar-refractivity contribution >= 4 is 27.6 Å². The van der Waals surface area contributed by atoms with E-state index >= 15 is 0 Å². The van der Waals surface area contributed by atoms with Crippen LogP contribution in [-0.4, -0.2) is 32.5 Å². The van der Waals surface area contributed by atoms with Gasteiger partial charge < -0.3 is 4.74 Å². The SMILES string of the molecule is CCSCCOC(=O)c1cccc(CS(=O)(=O)c2ccccc2)c1. The molecule has 0 radical (unpaired) electrons. The van der Waals surface area contributed by atoms with Crippen molar-refractivity contribution in [2.24, 2.45) is 0 Å². The molecule has 0 aliphatic rings. The van der Waals surface area contributed by atoms with Crippen LogP contribution in [0, 0.1) is 0 Å². The molecule has 0 bridgehead atoms. The van der Waals surface area contributed by atoms with Gasteiger partial charge in [0.2, 0.25) is 0 Å². The molecule has 0 saturated carbocycles. The predicted molar refractivity (Wildman–Crippen MR) is 97.1 cm³/mol. The molecule has 0 aromatic heterocycles. The highest BCUT2D eigenvalue weighted by Crippen LogP contribution is 2.17. The van der Waals surface area contributed by atoms with Crippen molar-refractivity contribution in [3.63, 3.8) is 0 Å². The Labute approximate surface area is 147 Å². The molecule has 0 fully saturated rings. The van der Waals surface area contributed by atoms with E-state index < -0.39 is 15.8 Å². The van der Waals surface area contributed by atoms with Crippen LogP contribution >= 0.6 is 11.8 Å². The first-order chi connectivity index (χ1) is 11.5. The van der Waals surface area contributed by atoms with Gasteiger partial charge in [-0.25, -0.2) is 13.2 Å². The molecule has 0 N–H and O–H groups in total. The second-order valence-electron chi connectivity index (χ2n) is 5.11. The number of carbonyl (C=O) groups is 1. The lowest BCUT2D eigenvalue weighted by Gasteiger charge is -2.07. The number of ether oxygens (including phenoxy) is 1. The maximum absolute atomic E-state index is 12.4. The minimum Gasteiger partial charge on any atom is -0.461 e. The maximum atomic E-state index is 12.4. The Morgan fingerprint density at radius 1 is 1.08 bits per heavy atom. The van der Waals surface area contributed by atoms with Crippen LogP contribution in [0.25, 0.3) is 0 Å². The lowest BCUT2D eigenvalue weighted by molar-refractivity contribution is 0.0530. The van der Waals surface area contributed by atoms with Crippen LogP contribution < -0.4 is 0 Å². The number of benzene rings is 2. The lowest BCUT2D eigenvalue weighted by atomic mass is 10.1. The fourth-order valence-corrected chi connectivity index (χ4v) is 3.99. The zero-order chi connectivity index (χ0) is 17.4. The molecule has 0 amide bonds. The molecule has 0 atom stereocenters. The third kappa shape index (κ3) is 5.39. The highest BCUT2D eigenvalue weighted by atomic mass is 32.2. The third-order valence-corrected chi connectivity index (χ3v) is 5.85. The number of hydrogen-bond acceptors (Lipinski definition) is 5. The first-order valence-electron chi connectivity index (χ1n) is 7.64. The summed E-state index contributed by atoms with van der Waals surface area (Å²) in [5.41, 5.74) is 0.938. The summed E-state index contributed by atoms with van der Waals surface area (Å²) in [5.74, 6) is 1.16. The first-order valence-corrected chi connectivity index (χ1v) is 10.5. The molecule has 128 valence electrons. The van der Waals surface area contributed by atoms with Gasteiger partial charge in [-0.05, 0) is 35.6 Å². The summed E-state index contributed by atoms with van der Waals surface area (Å²) in [6.07, 6.45) is 0. The van der Waals surface area contributed by atoms with Gasteiger partial charge in [0, 0.05) is 5.75 Å². The van der Waals surface area contributed by atoms with Gasteiger partial charge in [-0.2, -0.15) is 11.8 Å². The number of rotatable bonds is 8. The van der Waals surface area contributed by atoms with Gasteiger partial charge in [-0.1, -0.05) is 37.3 Å². The second kappa shape index (κ2) is 8.89. The van der Waals surface area contributed by atoms with E-state index in [2.05, 4.69) is 0 Å². The van der Waals surface area contributed by atoms with Crippen molar-refractivity contribution in [1.29, 1.82) is 0 Å². The van der Waals surface area contributed by atoms with E-state index in [0.29, 0.717) is 17.7 Å². The smallest absolute Gasteiger partial charge is 0.338 e. The van der Waals surface area contributed by atoms with Crippen LogP contribution in [-0.2, 0) is 20.3 Å². The van der Waals surface area contributed by atoms with Crippen LogP contribution in [0.3, 0.4) is 0 Å². The van der Waals surface area contributed by atoms with Crippen molar-refractivity contribution in [2.75, 3.05) is 18.1 Å². The highest BCUT2D eigenvalue weighted by molar-refractivity contribution is 7.99. The Balaban J connectivity index is 2.06. The Hall–Kier alpha value is -1.79. The van der Waals surface area contributed by atoms with Crippen molar-refractivity contribution in [1.82, 2.24) is 0 Å². The fraction of sp³-hybridized carbons (Fsp3) is 0.278. The van der Waals surface area contributed by atoms with Gasteiger partial charge in [0.05, 0.1) is 16.2 Å². The second-order valence-corrected chi connectivity index (χ2v) is 8.49. The van der Waals surface area contributed by atoms with E-state index in [1.807, 2.05) is 6.92 Å². The number of carbonyl (C=O) groups excluding carboxylic acids is 1. The van der Waals surface area contributed by atoms with E-state index in [4.69, 9.17) is 4.74 Å². The summed E-state index contributed by atoms with van der Waals surface area (Å²) >= 11 is 1.70. The third-order valence-electron chi connectivity index (χ3n) is 3.29. The molecule has 24 heavy (non-hydrogen) atoms. The first kappa shape index (κ1) is 18.5. The van der Waals surface area contributed by atoms with Gasteiger partial charge in [0.1, 0.15) is 6.61 Å². The van der Waals surface area contributed by atoms with Gasteiger partial charge in [0.25, 0.3) is 0 Å². The van der Waals surface area contributed by atoms with Crippen molar-refractivity contribution in [3.05, 3.63) is 65.7 Å². The normalized spacial score (nSPS) is 11.2. The zero-order valence-electron chi connectivity index (χ0n) is 13.5. The minimum atomic E-state index is -3.44. The van der Waals surface area contributed by atoms with Crippen LogP contribution in [0.2, 0.25) is 0 Å². The van der Waals surface area contributed by atoms with Gasteiger partial charge >= 0.3 is 5.97 Å². The van der Waals surface area contributed by atoms with Crippen molar-refractivity contribution in [3.8, 4) is 0 Å². The Bertz CT molecular complexity index is 771. The maximum Gasteiger partial charge on any atom is 0.338 e. The van der Waals surface area contributed by atoms with E-state index in [1.54, 1.807) is 66.4 Å². The van der Waals surface area contributed by atoms with E-state index in [0.717, 1.165) is 11.5 Å². The van der Waals surface area contributed by atoms with E-state index in [-0.39, 0.29) is 10.6 Å². The average Bonchev–Trinajstić information content (AvgIpc) is 2.59. The fourth-order valence-electron chi connectivity index (χ4n) is 2.14. The topological polar surface area (TPSA) is 60.4 Å². The molecule has 0 saturated heterocycles. The number of esters is 1. The van der Waals surface area contributed by atoms with Crippen LogP contribution in [0.1, 0.15) is 22.8 Å². The Morgan fingerprint density at radius 2 is 1.83 bits per heavy atom. The molecule has 0 aliphatic heterocycles. The van der Waals surface area contributed by atoms with Gasteiger partial charge in [-0.15, -0.1) is 0 Å². The molecule has 0 unspecified atom stereocenters. The van der Waals surface area contributed by atoms with Crippen molar-refractivity contribution < 1.29 is 17.9 Å². The van der Waals surface area contributed by atoms with Crippen LogP contribution in [0.15, 0.2) is 59.5 Å². The molecular weight excluding hydrogens is 344 g/mol. The summed E-state index contributed by atoms with van der Waals surface area (Å²) in [6.45, 7) is 2.40. The van der Waals surface area contributed by atoms with E-state index in [1.165, 1.54) is 0 Å². The Kier molecular flexibility index (Phi) is 6.87. The highest BCUT2D eigenvalue weighted by Gasteiger charge is 2.16. The molecule has 2 aromatic rings. The van der Waals surface area contributed by atoms with Crippen LogP contribution in [0.4, 0.5) is 0 Å². The average molecular weight is 364 g/mol. The number of sulfone groups is 1. The molecule has 0 heterocycles. The number of thioether (sulfide) groups is 1. The summed E-state index contributed by atoms with van der Waals surface area (Å²) < 4.78 is 30.0. The molecular formula is C18H20O4S2. The summed E-state index contributed by atoms with van der Waals surface area (Å²) in [4.78, 5) is 12.3. The molecule has 2 rings (SSSR count). The van der Waals surface area contributed by atoms with E-state index in [9.17, 15) is 13.2 Å². The van der Waals surface area contributed by atoms with Gasteiger partial charge in [0.15, 0.2) is 9.84 Å². The van der Waals surface area contributed by atoms with Crippen molar-refractivity contribution in [2.45, 2.75) is 17.6 Å². The quantitative estimate of drug-likeness (QED) is 0.529. The van der Waals surface area contributed by atoms with Gasteiger partial charge in [-0.3, -0.25) is 0 Å². The molecule has 0 aliphatic carbocycles. The number of hydrogen-bond donors (Lipinski definition) is 0. The standard InChI is InChI=1S/C18H20O4S2/c1-2-23-12-11-22-18(19)16-8-6-7-15(13-16)14-24(20,21)17-9-4-3-5-10-17/h3-10,13H,2,11-12,14H2,1H3. The van der Waals surface area contributed by atoms with Crippen LogP contribution in [0.5, 0.6) is 0 Å². The lowest BCUT2D eigenvalue weighted by Crippen LogP contribution is -2.09. The Morgan fingerprint density at radius 3 is 2.54 bits per heavy atom. The monoisotopic (exact) mass is 364 g/mol. The summed E-state index contributed by atoms with van der Waals surface area (Å²) in [6, 6.07) is 14.9. The molecule has 6 heteroatoms. The summed E-state index contributed by atoms with van der Waals surface area (Å²) in [7, 11) is -3.44. The largest absolute Gasteiger partial charge is 0.461 e. The molecule has 4 nitrogen and oxygen atoms in total. The summed E-state index contributed by atoms with van der Waals surface area (Å²) in [5, 5.41) is 0. The zero-order valence-corrected chi connectivity index (χ0v) is 15.1. The molecule has 0 spiro atoms. The predicted octanol–water partition coefficient (Wildman–Crippen LogP) is 3.57.